The molecule has 0 saturated carbocycles. The van der Waals surface area contributed by atoms with Gasteiger partial charge in [0.1, 0.15) is 0 Å². The van der Waals surface area contributed by atoms with Crippen molar-refractivity contribution in [2.75, 3.05) is 52.0 Å². The number of anilines is 1. The summed E-state index contributed by atoms with van der Waals surface area (Å²) in [5, 5.41) is 0. The molecule has 4 rings (SSSR count). The minimum atomic E-state index is 0. The Hall–Kier alpha value is -2.44. The number of piperazine rings is 1. The van der Waals surface area contributed by atoms with Gasteiger partial charge in [-0.15, -0.1) is 12.4 Å². The highest BCUT2D eigenvalue weighted by atomic mass is 35.5. The number of halogens is 1. The maximum absolute atomic E-state index is 12.8. The summed E-state index contributed by atoms with van der Waals surface area (Å²) in [6.07, 6.45) is 0. The number of amides is 1. The molecule has 0 atom stereocenters. The highest BCUT2D eigenvalue weighted by molar-refractivity contribution is 5.95. The Morgan fingerprint density at radius 2 is 1.75 bits per heavy atom. The molecule has 0 radical (unpaired) electrons. The van der Waals surface area contributed by atoms with Crippen molar-refractivity contribution in [3.63, 3.8) is 0 Å². The number of rotatable bonds is 4. The predicted molar refractivity (Wildman–Crippen MR) is 112 cm³/mol. The van der Waals surface area contributed by atoms with Crippen LogP contribution in [0.1, 0.15) is 15.9 Å². The van der Waals surface area contributed by atoms with Crippen molar-refractivity contribution >= 4 is 24.0 Å². The summed E-state index contributed by atoms with van der Waals surface area (Å²) in [7, 11) is 3.97. The van der Waals surface area contributed by atoms with Crippen molar-refractivity contribution in [1.82, 2.24) is 9.80 Å². The van der Waals surface area contributed by atoms with E-state index in [9.17, 15) is 4.79 Å². The number of carbonyl (C=O) groups is 1. The van der Waals surface area contributed by atoms with Crippen molar-refractivity contribution in [2.45, 2.75) is 6.54 Å². The highest BCUT2D eigenvalue weighted by Gasteiger charge is 2.23. The molecule has 0 unspecified atom stereocenters. The van der Waals surface area contributed by atoms with Gasteiger partial charge in [-0.1, -0.05) is 12.1 Å². The van der Waals surface area contributed by atoms with Crippen LogP contribution in [0.3, 0.4) is 0 Å². The molecule has 0 bridgehead atoms. The normalized spacial score (nSPS) is 15.9. The van der Waals surface area contributed by atoms with Crippen LogP contribution in [0.15, 0.2) is 42.5 Å². The molecule has 2 aromatic carbocycles. The summed E-state index contributed by atoms with van der Waals surface area (Å²) >= 11 is 0. The molecule has 2 heterocycles. The van der Waals surface area contributed by atoms with Crippen molar-refractivity contribution in [3.8, 4) is 11.5 Å². The minimum absolute atomic E-state index is 0. The third-order valence-electron chi connectivity index (χ3n) is 5.11. The van der Waals surface area contributed by atoms with Gasteiger partial charge in [0, 0.05) is 58.1 Å². The van der Waals surface area contributed by atoms with Gasteiger partial charge >= 0.3 is 0 Å². The van der Waals surface area contributed by atoms with E-state index in [4.69, 9.17) is 9.47 Å². The first-order chi connectivity index (χ1) is 13.1. The van der Waals surface area contributed by atoms with Gasteiger partial charge in [-0.3, -0.25) is 9.69 Å². The van der Waals surface area contributed by atoms with Gasteiger partial charge in [0.2, 0.25) is 6.79 Å². The second kappa shape index (κ2) is 8.71. The SMILES string of the molecule is CN(C)c1cccc(C(=O)N2CCN(Cc3ccc4c(c3)OCO4)CC2)c1.Cl. The molecule has 1 saturated heterocycles. The van der Waals surface area contributed by atoms with E-state index < -0.39 is 0 Å². The number of ether oxygens (including phenoxy) is 2. The van der Waals surface area contributed by atoms with E-state index in [1.165, 1.54) is 5.56 Å². The first-order valence-corrected chi connectivity index (χ1v) is 9.28. The quantitative estimate of drug-likeness (QED) is 0.785. The van der Waals surface area contributed by atoms with E-state index in [0.29, 0.717) is 6.79 Å². The Morgan fingerprint density at radius 1 is 1.00 bits per heavy atom. The second-order valence-corrected chi connectivity index (χ2v) is 7.20. The molecule has 0 N–H and O–H groups in total. The van der Waals surface area contributed by atoms with Crippen molar-refractivity contribution in [1.29, 1.82) is 0 Å². The zero-order valence-electron chi connectivity index (χ0n) is 16.3. The Labute approximate surface area is 172 Å². The zero-order chi connectivity index (χ0) is 18.8. The molecular weight excluding hydrogens is 378 g/mol. The second-order valence-electron chi connectivity index (χ2n) is 7.20. The van der Waals surface area contributed by atoms with Crippen LogP contribution in [0.4, 0.5) is 5.69 Å². The van der Waals surface area contributed by atoms with Crippen LogP contribution in [0.2, 0.25) is 0 Å². The molecule has 2 aromatic rings. The average molecular weight is 404 g/mol. The molecule has 7 heteroatoms. The number of hydrogen-bond donors (Lipinski definition) is 0. The number of hydrogen-bond acceptors (Lipinski definition) is 5. The molecule has 0 aromatic heterocycles. The van der Waals surface area contributed by atoms with Gasteiger partial charge in [-0.05, 0) is 35.9 Å². The van der Waals surface area contributed by atoms with Gasteiger partial charge in [0.15, 0.2) is 11.5 Å². The molecule has 150 valence electrons. The van der Waals surface area contributed by atoms with Crippen LogP contribution in [0.5, 0.6) is 11.5 Å². The van der Waals surface area contributed by atoms with Gasteiger partial charge in [0.25, 0.3) is 5.91 Å². The molecule has 1 fully saturated rings. The largest absolute Gasteiger partial charge is 0.454 e. The average Bonchev–Trinajstić information content (AvgIpc) is 3.16. The fourth-order valence-electron chi connectivity index (χ4n) is 3.51. The Morgan fingerprint density at radius 3 is 2.50 bits per heavy atom. The minimum Gasteiger partial charge on any atom is -0.454 e. The van der Waals surface area contributed by atoms with Gasteiger partial charge < -0.3 is 19.3 Å². The molecular formula is C21H26ClN3O3. The lowest BCUT2D eigenvalue weighted by atomic mass is 10.1. The lowest BCUT2D eigenvalue weighted by Crippen LogP contribution is -2.48. The lowest BCUT2D eigenvalue weighted by molar-refractivity contribution is 0.0628. The summed E-state index contributed by atoms with van der Waals surface area (Å²) in [6, 6.07) is 13.9. The topological polar surface area (TPSA) is 45.3 Å². The number of nitrogens with zero attached hydrogens (tertiary/aromatic N) is 3. The molecule has 0 spiro atoms. The Bertz CT molecular complexity index is 835. The first kappa shape index (κ1) is 20.3. The molecule has 0 aliphatic carbocycles. The van der Waals surface area contributed by atoms with E-state index in [0.717, 1.165) is 55.5 Å². The maximum atomic E-state index is 12.8. The summed E-state index contributed by atoms with van der Waals surface area (Å²) in [4.78, 5) is 19.2. The fraction of sp³-hybridized carbons (Fsp3) is 0.381. The monoisotopic (exact) mass is 403 g/mol. The van der Waals surface area contributed by atoms with Crippen LogP contribution < -0.4 is 14.4 Å². The summed E-state index contributed by atoms with van der Waals surface area (Å²) in [6.45, 7) is 4.38. The summed E-state index contributed by atoms with van der Waals surface area (Å²) in [5.74, 6) is 1.75. The molecule has 2 aliphatic rings. The standard InChI is InChI=1S/C21H25N3O3.ClH/c1-22(2)18-5-3-4-17(13-18)21(25)24-10-8-23(9-11-24)14-16-6-7-19-20(12-16)27-15-26-19;/h3-7,12-13H,8-11,14-15H2,1-2H3;1H. The van der Waals surface area contributed by atoms with E-state index >= 15 is 0 Å². The van der Waals surface area contributed by atoms with E-state index in [1.807, 2.05) is 60.3 Å². The van der Waals surface area contributed by atoms with Crippen molar-refractivity contribution in [3.05, 3.63) is 53.6 Å². The highest BCUT2D eigenvalue weighted by Crippen LogP contribution is 2.32. The third kappa shape index (κ3) is 4.34. The number of carbonyl (C=O) groups excluding carboxylic acids is 1. The molecule has 28 heavy (non-hydrogen) atoms. The van der Waals surface area contributed by atoms with Crippen molar-refractivity contribution < 1.29 is 14.3 Å². The van der Waals surface area contributed by atoms with Crippen molar-refractivity contribution in [2.24, 2.45) is 0 Å². The van der Waals surface area contributed by atoms with Crippen LogP contribution in [0.25, 0.3) is 0 Å². The summed E-state index contributed by atoms with van der Waals surface area (Å²) < 4.78 is 10.8. The van der Waals surface area contributed by atoms with Crippen LogP contribution >= 0.6 is 12.4 Å². The van der Waals surface area contributed by atoms with Crippen LogP contribution in [-0.2, 0) is 6.54 Å². The smallest absolute Gasteiger partial charge is 0.254 e. The third-order valence-corrected chi connectivity index (χ3v) is 5.11. The van der Waals surface area contributed by atoms with E-state index in [2.05, 4.69) is 11.0 Å². The molecule has 2 aliphatic heterocycles. The van der Waals surface area contributed by atoms with Crippen LogP contribution in [-0.4, -0.2) is 62.8 Å². The van der Waals surface area contributed by atoms with Gasteiger partial charge in [-0.25, -0.2) is 0 Å². The molecule has 1 amide bonds. The van der Waals surface area contributed by atoms with E-state index in [1.54, 1.807) is 0 Å². The Kier molecular flexibility index (Phi) is 6.31. The number of benzene rings is 2. The maximum Gasteiger partial charge on any atom is 0.254 e. The zero-order valence-corrected chi connectivity index (χ0v) is 17.1. The molecule has 6 nitrogen and oxygen atoms in total. The fourth-order valence-corrected chi connectivity index (χ4v) is 3.51. The van der Waals surface area contributed by atoms with E-state index in [-0.39, 0.29) is 18.3 Å². The van der Waals surface area contributed by atoms with Gasteiger partial charge in [0.05, 0.1) is 0 Å². The van der Waals surface area contributed by atoms with Crippen LogP contribution in [0, 0.1) is 0 Å². The number of fused-ring (bicyclic) bond motifs is 1. The summed E-state index contributed by atoms with van der Waals surface area (Å²) in [5.41, 5.74) is 3.01. The lowest BCUT2D eigenvalue weighted by Gasteiger charge is -2.35. The predicted octanol–water partition coefficient (Wildman–Crippen LogP) is 2.86. The Balaban J connectivity index is 0.00000225. The first-order valence-electron chi connectivity index (χ1n) is 9.28. The van der Waals surface area contributed by atoms with Gasteiger partial charge in [-0.2, -0.15) is 0 Å².